The van der Waals surface area contributed by atoms with Crippen molar-refractivity contribution in [1.29, 1.82) is 0 Å². The van der Waals surface area contributed by atoms with Crippen molar-refractivity contribution in [1.82, 2.24) is 0 Å². The van der Waals surface area contributed by atoms with Gasteiger partial charge in [0.2, 0.25) is 0 Å². The molecule has 0 N–H and O–H groups in total. The van der Waals surface area contributed by atoms with Crippen LogP contribution in [0.1, 0.15) is 12.8 Å². The van der Waals surface area contributed by atoms with Crippen molar-refractivity contribution in [3.63, 3.8) is 0 Å². The first-order chi connectivity index (χ1) is 6.86. The molecule has 0 aliphatic heterocycles. The zero-order valence-electron chi connectivity index (χ0n) is 11.3. The molecule has 2 rings (SSSR count). The van der Waals surface area contributed by atoms with Crippen molar-refractivity contribution in [2.75, 3.05) is 0 Å². The van der Waals surface area contributed by atoms with Crippen LogP contribution >= 0.6 is 88.2 Å². The SMILES string of the molecule is Br.Br.Br.Cl.Cl.Cl.[CH3][Zr][C]1=CC=CC1.[CH3][Zr][C]1=CC=CC1. The molecule has 20 heavy (non-hydrogen) atoms. The molecule has 0 aromatic carbocycles. The van der Waals surface area contributed by atoms with Gasteiger partial charge in [0.15, 0.2) is 0 Å². The predicted molar refractivity (Wildman–Crippen MR) is 108 cm³/mol. The maximum atomic E-state index is 2.36. The van der Waals surface area contributed by atoms with Crippen LogP contribution in [0.15, 0.2) is 43.0 Å². The molecule has 0 radical (unpaired) electrons. The van der Waals surface area contributed by atoms with Gasteiger partial charge in [0.05, 0.1) is 0 Å². The van der Waals surface area contributed by atoms with Crippen molar-refractivity contribution in [3.05, 3.63) is 43.0 Å². The molecule has 0 fully saturated rings. The van der Waals surface area contributed by atoms with E-state index in [1.165, 1.54) is 12.8 Å². The van der Waals surface area contributed by atoms with Crippen LogP contribution in [0.25, 0.3) is 0 Å². The van der Waals surface area contributed by atoms with Gasteiger partial charge in [-0.15, -0.1) is 88.2 Å². The summed E-state index contributed by atoms with van der Waals surface area (Å²) >= 11 is -0.0817. The second-order valence-corrected chi connectivity index (χ2v) is 8.76. The van der Waals surface area contributed by atoms with E-state index in [4.69, 9.17) is 0 Å². The van der Waals surface area contributed by atoms with Gasteiger partial charge in [-0.2, -0.15) is 0 Å². The fourth-order valence-corrected chi connectivity index (χ4v) is 4.14. The fourth-order valence-electron chi connectivity index (χ4n) is 1.27. The molecule has 0 spiro atoms. The van der Waals surface area contributed by atoms with E-state index >= 15 is 0 Å². The van der Waals surface area contributed by atoms with Crippen molar-refractivity contribution in [2.24, 2.45) is 0 Å². The minimum atomic E-state index is -0.0408. The van der Waals surface area contributed by atoms with Crippen LogP contribution in [0.2, 0.25) is 9.26 Å². The Morgan fingerprint density at radius 1 is 0.700 bits per heavy atom. The summed E-state index contributed by atoms with van der Waals surface area (Å²) < 4.78 is 8.18. The molecule has 2 aliphatic rings. The van der Waals surface area contributed by atoms with Crippen LogP contribution in [0, 0.1) is 0 Å². The Hall–Kier alpha value is 3.04. The summed E-state index contributed by atoms with van der Waals surface area (Å²) in [6.07, 6.45) is 15.9. The van der Waals surface area contributed by atoms with Gasteiger partial charge in [-0.05, 0) is 0 Å². The molecular weight excluding hydrogens is 673 g/mol. The summed E-state index contributed by atoms with van der Waals surface area (Å²) in [5.74, 6) is 0. The number of rotatable bonds is 2. The average Bonchev–Trinajstić information content (AvgIpc) is 2.92. The van der Waals surface area contributed by atoms with E-state index in [1.54, 1.807) is 6.56 Å². The molecule has 0 saturated carbocycles. The number of halogens is 6. The molecule has 120 valence electrons. The summed E-state index contributed by atoms with van der Waals surface area (Å²) in [6, 6.07) is 0. The molecule has 0 nitrogen and oxygen atoms in total. The minimum absolute atomic E-state index is 0. The molecule has 0 unspecified atom stereocenters. The molecular formula is C12H22Br3Cl3Zr2. The normalized spacial score (nSPS) is 11.9. The monoisotopic (exact) mass is 688 g/mol. The third-order valence-electron chi connectivity index (χ3n) is 2.18. The van der Waals surface area contributed by atoms with Gasteiger partial charge in [-0.25, -0.2) is 0 Å². The van der Waals surface area contributed by atoms with E-state index in [0.717, 1.165) is 0 Å². The Balaban J connectivity index is -0.0000000377. The zero-order chi connectivity index (χ0) is 10.2. The molecule has 0 bridgehead atoms. The summed E-state index contributed by atoms with van der Waals surface area (Å²) in [7, 11) is 0. The summed E-state index contributed by atoms with van der Waals surface area (Å²) in [4.78, 5) is 0. The second kappa shape index (κ2) is 26.9. The van der Waals surface area contributed by atoms with E-state index in [0.29, 0.717) is 0 Å². The van der Waals surface area contributed by atoms with E-state index in [1.807, 2.05) is 0 Å². The molecule has 2 aliphatic carbocycles. The maximum absolute atomic E-state index is 2.36. The van der Waals surface area contributed by atoms with Gasteiger partial charge in [0, 0.05) is 0 Å². The first-order valence-electron chi connectivity index (χ1n) is 4.93. The third kappa shape index (κ3) is 19.1. The van der Waals surface area contributed by atoms with E-state index < -0.39 is 0 Å². The van der Waals surface area contributed by atoms with Gasteiger partial charge in [0.25, 0.3) is 0 Å². The van der Waals surface area contributed by atoms with E-state index in [-0.39, 0.29) is 135 Å². The quantitative estimate of drug-likeness (QED) is 0.295. The van der Waals surface area contributed by atoms with Crippen molar-refractivity contribution in [3.8, 4) is 0 Å². The summed E-state index contributed by atoms with van der Waals surface area (Å²) in [5, 5.41) is 0. The molecule has 0 aromatic rings. The molecule has 0 aromatic heterocycles. The second-order valence-electron chi connectivity index (χ2n) is 3.15. The first-order valence-corrected chi connectivity index (χ1v) is 12.3. The van der Waals surface area contributed by atoms with Crippen LogP contribution in [-0.4, -0.2) is 0 Å². The Labute approximate surface area is 196 Å². The number of hydrogen-bond acceptors (Lipinski definition) is 0. The van der Waals surface area contributed by atoms with Gasteiger partial charge >= 0.3 is 112 Å². The molecule has 8 heteroatoms. The van der Waals surface area contributed by atoms with Crippen LogP contribution < -0.4 is 0 Å². The van der Waals surface area contributed by atoms with Gasteiger partial charge < -0.3 is 0 Å². The van der Waals surface area contributed by atoms with Crippen LogP contribution in [0.4, 0.5) is 0 Å². The third-order valence-corrected chi connectivity index (χ3v) is 7.16. The summed E-state index contributed by atoms with van der Waals surface area (Å²) in [6.45, 7) is 0. The van der Waals surface area contributed by atoms with Gasteiger partial charge in [0.1, 0.15) is 0 Å². The van der Waals surface area contributed by atoms with Crippen molar-refractivity contribution in [2.45, 2.75) is 22.1 Å². The number of hydrogen-bond donors (Lipinski definition) is 0. The Kier molecular flexibility index (Phi) is 51.9. The standard InChI is InChI=1S/2C5H5.2CH3.3BrH.3ClH.2Zr/c2*1-2-4-5-3-1;;;;;;;;;;/h2*1-3H,4H2;2*1H3;6*1H;;. The van der Waals surface area contributed by atoms with Gasteiger partial charge in [-0.3, -0.25) is 0 Å². The Bertz CT molecular complexity index is 276. The topological polar surface area (TPSA) is 0 Å². The van der Waals surface area contributed by atoms with E-state index in [2.05, 4.69) is 45.7 Å². The fraction of sp³-hybridized carbons (Fsp3) is 0.333. The first kappa shape index (κ1) is 38.5. The number of allylic oxidation sites excluding steroid dienone is 8. The van der Waals surface area contributed by atoms with Crippen LogP contribution in [-0.2, 0) is 46.5 Å². The Morgan fingerprint density at radius 2 is 1.00 bits per heavy atom. The predicted octanol–water partition coefficient (Wildman–Crippen LogP) is 6.92. The molecule has 0 atom stereocenters. The molecule has 0 amide bonds. The zero-order valence-corrected chi connectivity index (χ0v) is 23.8. The van der Waals surface area contributed by atoms with Crippen LogP contribution in [0.3, 0.4) is 0 Å². The molecule has 0 saturated heterocycles. The molecule has 0 heterocycles. The van der Waals surface area contributed by atoms with Crippen molar-refractivity contribution >= 4 is 88.2 Å². The van der Waals surface area contributed by atoms with Gasteiger partial charge in [-0.1, -0.05) is 0 Å². The van der Waals surface area contributed by atoms with Crippen molar-refractivity contribution < 1.29 is 46.5 Å². The average molecular weight is 695 g/mol. The summed E-state index contributed by atoms with van der Waals surface area (Å²) in [5.41, 5.74) is 0. The van der Waals surface area contributed by atoms with Crippen LogP contribution in [0.5, 0.6) is 0 Å². The van der Waals surface area contributed by atoms with E-state index in [9.17, 15) is 0 Å². The Morgan fingerprint density at radius 3 is 1.10 bits per heavy atom.